The molecule has 0 aliphatic heterocycles. The Bertz CT molecular complexity index is 1310. The lowest BCUT2D eigenvalue weighted by molar-refractivity contribution is 0.590. The Morgan fingerprint density at radius 3 is 2.35 bits per heavy atom. The Labute approximate surface area is 201 Å². The van der Waals surface area contributed by atoms with Crippen LogP contribution in [0.3, 0.4) is 0 Å². The molecule has 4 aromatic rings. The zero-order valence-electron chi connectivity index (χ0n) is 18.4. The summed E-state index contributed by atoms with van der Waals surface area (Å²) in [6.07, 6.45) is 3.55. The lowest BCUT2D eigenvalue weighted by Crippen LogP contribution is -2.34. The van der Waals surface area contributed by atoms with Gasteiger partial charge in [-0.3, -0.25) is 14.3 Å². The molecular weight excluding hydrogens is 460 g/mol. The van der Waals surface area contributed by atoms with E-state index in [2.05, 4.69) is 10.3 Å². The number of pyridine rings is 1. The average molecular weight is 484 g/mol. The maximum Gasteiger partial charge on any atom is 0.263 e. The lowest BCUT2D eigenvalue weighted by atomic mass is 10.0. The number of aromatic nitrogens is 3. The highest BCUT2D eigenvalue weighted by atomic mass is 35.5. The third-order valence-electron chi connectivity index (χ3n) is 5.34. The van der Waals surface area contributed by atoms with Crippen LogP contribution in [-0.2, 0) is 13.5 Å². The number of nitrogens with one attached hydrogen (secondary N) is 1. The van der Waals surface area contributed by atoms with Gasteiger partial charge in [0, 0.05) is 37.6 Å². The van der Waals surface area contributed by atoms with Crippen LogP contribution in [0.15, 0.2) is 77.9 Å². The molecule has 0 amide bonds. The van der Waals surface area contributed by atoms with Gasteiger partial charge < -0.3 is 11.1 Å². The number of hydrogen-bond acceptors (Lipinski definition) is 5. The fraction of sp³-hybridized carbons (Fsp3) is 0.160. The van der Waals surface area contributed by atoms with E-state index in [1.807, 2.05) is 0 Å². The second-order valence-corrected chi connectivity index (χ2v) is 7.70. The first-order valence-corrected chi connectivity index (χ1v) is 10.4. The molecule has 0 saturated carbocycles. The van der Waals surface area contributed by atoms with E-state index >= 15 is 0 Å². The van der Waals surface area contributed by atoms with Crippen LogP contribution < -0.4 is 16.6 Å². The third-order valence-corrected chi connectivity index (χ3v) is 5.34. The zero-order chi connectivity index (χ0) is 23.4. The van der Waals surface area contributed by atoms with Crippen molar-refractivity contribution in [1.29, 1.82) is 0 Å². The van der Waals surface area contributed by atoms with Crippen LogP contribution in [0.5, 0.6) is 0 Å². The van der Waals surface area contributed by atoms with Crippen LogP contribution >= 0.6 is 12.4 Å². The largest absolute Gasteiger partial charge is 0.354 e. The minimum absolute atomic E-state index is 0. The monoisotopic (exact) mass is 483 g/mol. The highest BCUT2D eigenvalue weighted by molar-refractivity contribution is 5.85. The van der Waals surface area contributed by atoms with Gasteiger partial charge in [-0.2, -0.15) is 0 Å². The van der Waals surface area contributed by atoms with Gasteiger partial charge in [-0.25, -0.2) is 13.8 Å². The van der Waals surface area contributed by atoms with E-state index in [-0.39, 0.29) is 30.3 Å². The van der Waals surface area contributed by atoms with Crippen LogP contribution in [0.4, 0.5) is 14.7 Å². The van der Waals surface area contributed by atoms with Gasteiger partial charge in [-0.05, 0) is 47.9 Å². The number of halogens is 3. The fourth-order valence-corrected chi connectivity index (χ4v) is 3.60. The molecule has 0 unspecified atom stereocenters. The first-order valence-electron chi connectivity index (χ1n) is 10.4. The zero-order valence-corrected chi connectivity index (χ0v) is 19.2. The van der Waals surface area contributed by atoms with Gasteiger partial charge in [0.05, 0.1) is 11.3 Å². The molecule has 2 aromatic carbocycles. The van der Waals surface area contributed by atoms with Crippen molar-refractivity contribution in [1.82, 2.24) is 14.5 Å². The van der Waals surface area contributed by atoms with E-state index < -0.39 is 11.9 Å². The smallest absolute Gasteiger partial charge is 0.263 e. The Hall–Kier alpha value is -3.62. The molecule has 0 radical (unpaired) electrons. The summed E-state index contributed by atoms with van der Waals surface area (Å²) in [5.41, 5.74) is 8.48. The Morgan fingerprint density at radius 2 is 1.68 bits per heavy atom. The summed E-state index contributed by atoms with van der Waals surface area (Å²) < 4.78 is 28.8. The average Bonchev–Trinajstić information content (AvgIpc) is 2.83. The number of nitrogens with zero attached hydrogens (tertiary/aromatic N) is 3. The summed E-state index contributed by atoms with van der Waals surface area (Å²) in [6.45, 7) is 0.278. The van der Waals surface area contributed by atoms with Crippen molar-refractivity contribution in [3.05, 3.63) is 101 Å². The molecule has 0 saturated heterocycles. The van der Waals surface area contributed by atoms with E-state index in [1.54, 1.807) is 61.9 Å². The lowest BCUT2D eigenvalue weighted by Gasteiger charge is -2.18. The van der Waals surface area contributed by atoms with Crippen LogP contribution in [0.2, 0.25) is 0 Å². The molecule has 0 spiro atoms. The predicted octanol–water partition coefficient (Wildman–Crippen LogP) is 4.19. The number of nitrogens with two attached hydrogens (primary N) is 1. The molecule has 0 bridgehead atoms. The van der Waals surface area contributed by atoms with Gasteiger partial charge in [-0.15, -0.1) is 12.4 Å². The second-order valence-electron chi connectivity index (χ2n) is 7.70. The molecule has 0 fully saturated rings. The van der Waals surface area contributed by atoms with E-state index in [0.29, 0.717) is 40.3 Å². The van der Waals surface area contributed by atoms with Crippen LogP contribution in [0, 0.1) is 11.6 Å². The number of hydrogen-bond donors (Lipinski definition) is 2. The molecule has 6 nitrogen and oxygen atoms in total. The summed E-state index contributed by atoms with van der Waals surface area (Å²) in [5.74, 6) is -0.375. The molecule has 1 atom stereocenters. The summed E-state index contributed by atoms with van der Waals surface area (Å²) >= 11 is 0. The van der Waals surface area contributed by atoms with Crippen molar-refractivity contribution in [2.24, 2.45) is 12.8 Å². The first kappa shape index (κ1) is 25.0. The van der Waals surface area contributed by atoms with Gasteiger partial charge in [0.2, 0.25) is 5.95 Å². The molecule has 9 heteroatoms. The minimum atomic E-state index is -0.403. The van der Waals surface area contributed by atoms with Gasteiger partial charge in [0.25, 0.3) is 5.56 Å². The van der Waals surface area contributed by atoms with Crippen molar-refractivity contribution in [2.45, 2.75) is 12.5 Å². The first-order chi connectivity index (χ1) is 15.9. The quantitative estimate of drug-likeness (QED) is 0.411. The SMILES string of the molecule is Cl.Cn1c(NC[C@@H](N)Cc2ccccc2F)nc(-c2ccncc2)c(-c2ccc(F)cc2)c1=O. The number of anilines is 1. The maximum atomic E-state index is 13.9. The van der Waals surface area contributed by atoms with E-state index in [1.165, 1.54) is 22.8 Å². The maximum absolute atomic E-state index is 13.9. The van der Waals surface area contributed by atoms with Crippen molar-refractivity contribution in [2.75, 3.05) is 11.9 Å². The number of benzene rings is 2. The summed E-state index contributed by atoms with van der Waals surface area (Å²) in [6, 6.07) is 15.3. The predicted molar refractivity (Wildman–Crippen MR) is 132 cm³/mol. The highest BCUT2D eigenvalue weighted by Crippen LogP contribution is 2.28. The van der Waals surface area contributed by atoms with Crippen molar-refractivity contribution in [3.8, 4) is 22.4 Å². The molecule has 3 N–H and O–H groups in total. The Morgan fingerprint density at radius 1 is 1.00 bits per heavy atom. The minimum Gasteiger partial charge on any atom is -0.354 e. The van der Waals surface area contributed by atoms with Crippen LogP contribution in [0.1, 0.15) is 5.56 Å². The molecule has 176 valence electrons. The Kier molecular flexibility index (Phi) is 8.09. The second kappa shape index (κ2) is 11.0. The van der Waals surface area contributed by atoms with Gasteiger partial charge in [0.15, 0.2) is 0 Å². The Balaban J connectivity index is 0.00000324. The van der Waals surface area contributed by atoms with Gasteiger partial charge in [0.1, 0.15) is 11.6 Å². The van der Waals surface area contributed by atoms with Gasteiger partial charge >= 0.3 is 0 Å². The molecule has 2 aromatic heterocycles. The molecule has 2 heterocycles. The summed E-state index contributed by atoms with van der Waals surface area (Å²) in [4.78, 5) is 22.1. The van der Waals surface area contributed by atoms with Crippen molar-refractivity contribution >= 4 is 18.4 Å². The van der Waals surface area contributed by atoms with Crippen LogP contribution in [0.25, 0.3) is 22.4 Å². The topological polar surface area (TPSA) is 85.8 Å². The van der Waals surface area contributed by atoms with Crippen molar-refractivity contribution < 1.29 is 8.78 Å². The van der Waals surface area contributed by atoms with Crippen molar-refractivity contribution in [3.63, 3.8) is 0 Å². The standard InChI is InChI=1S/C25H23F2N5O.ClH/c1-32-24(33)22(16-6-8-19(26)9-7-16)23(17-10-12-29-13-11-17)31-25(32)30-15-20(28)14-18-4-2-3-5-21(18)27;/h2-13,20H,14-15,28H2,1H3,(H,30,31);1H/t20-;/m0./s1. The molecule has 0 aliphatic carbocycles. The third kappa shape index (κ3) is 5.47. The molecular formula is C25H24ClF2N5O. The normalized spacial score (nSPS) is 11.5. The van der Waals surface area contributed by atoms with E-state index in [4.69, 9.17) is 10.7 Å². The molecule has 4 rings (SSSR count). The van der Waals surface area contributed by atoms with E-state index in [0.717, 1.165) is 0 Å². The highest BCUT2D eigenvalue weighted by Gasteiger charge is 2.19. The summed E-state index contributed by atoms with van der Waals surface area (Å²) in [7, 11) is 1.60. The fourth-order valence-electron chi connectivity index (χ4n) is 3.60. The summed E-state index contributed by atoms with van der Waals surface area (Å²) in [5, 5.41) is 3.12. The van der Waals surface area contributed by atoms with Crippen LogP contribution in [-0.4, -0.2) is 27.1 Å². The van der Waals surface area contributed by atoms with E-state index in [9.17, 15) is 13.6 Å². The molecule has 34 heavy (non-hydrogen) atoms. The molecule has 0 aliphatic rings. The number of rotatable bonds is 7. The van der Waals surface area contributed by atoms with Gasteiger partial charge in [-0.1, -0.05) is 30.3 Å².